The third-order valence-electron chi connectivity index (χ3n) is 4.02. The highest BCUT2D eigenvalue weighted by atomic mass is 35.5. The first-order valence-electron chi connectivity index (χ1n) is 8.48. The molecule has 7 nitrogen and oxygen atoms in total. The maximum absolute atomic E-state index is 12.3. The Kier molecular flexibility index (Phi) is 5.63. The van der Waals surface area contributed by atoms with Crippen molar-refractivity contribution in [3.63, 3.8) is 0 Å². The van der Waals surface area contributed by atoms with Crippen LogP contribution in [0.4, 0.5) is 11.4 Å². The summed E-state index contributed by atoms with van der Waals surface area (Å²) in [5, 5.41) is 14.9. The molecule has 1 amide bonds. The third kappa shape index (κ3) is 4.40. The largest absolute Gasteiger partial charge is 0.457 e. The summed E-state index contributed by atoms with van der Waals surface area (Å²) in [6.07, 6.45) is 1.58. The van der Waals surface area contributed by atoms with Gasteiger partial charge in [0.1, 0.15) is 11.5 Å². The van der Waals surface area contributed by atoms with E-state index in [4.69, 9.17) is 27.6 Å². The van der Waals surface area contributed by atoms with Crippen LogP contribution in [-0.4, -0.2) is 16.0 Å². The standard InChI is InChI=1S/C20H11Cl2N3O4S/c21-12-4-6-16(15(22)9-12)23-20-24-19(26)18(30-20)10-14-5-7-17(29-14)11-2-1-3-13(8-11)25(27)28/h1-10H,(H,23,24,26)/b18-10+. The highest BCUT2D eigenvalue weighted by Gasteiger charge is 2.24. The number of aliphatic imine (C=N–C) groups is 1. The van der Waals surface area contributed by atoms with Crippen LogP contribution in [0.2, 0.25) is 10.0 Å². The molecule has 0 saturated carbocycles. The molecule has 1 N–H and O–H groups in total. The number of amidine groups is 1. The summed E-state index contributed by atoms with van der Waals surface area (Å²) in [5.74, 6) is 0.563. The first-order valence-corrected chi connectivity index (χ1v) is 10.1. The number of nitrogens with zero attached hydrogens (tertiary/aromatic N) is 2. The lowest BCUT2D eigenvalue weighted by Crippen LogP contribution is -2.19. The second-order valence-electron chi connectivity index (χ2n) is 6.09. The molecule has 0 aliphatic carbocycles. The second kappa shape index (κ2) is 8.35. The van der Waals surface area contributed by atoms with Crippen molar-refractivity contribution >= 4 is 63.5 Å². The number of hydrogen-bond donors (Lipinski definition) is 1. The van der Waals surface area contributed by atoms with Crippen molar-refractivity contribution in [1.29, 1.82) is 0 Å². The number of thioether (sulfide) groups is 1. The van der Waals surface area contributed by atoms with E-state index in [9.17, 15) is 14.9 Å². The van der Waals surface area contributed by atoms with Crippen LogP contribution < -0.4 is 5.32 Å². The number of hydrogen-bond acceptors (Lipinski definition) is 6. The van der Waals surface area contributed by atoms with Crippen LogP contribution in [0.1, 0.15) is 5.76 Å². The number of benzene rings is 2. The summed E-state index contributed by atoms with van der Waals surface area (Å²) < 4.78 is 5.73. The minimum absolute atomic E-state index is 0.0313. The summed E-state index contributed by atoms with van der Waals surface area (Å²) in [4.78, 5) is 27.5. The fourth-order valence-corrected chi connectivity index (χ4v) is 3.91. The van der Waals surface area contributed by atoms with Crippen molar-refractivity contribution in [2.45, 2.75) is 0 Å². The Balaban J connectivity index is 1.56. The maximum Gasteiger partial charge on any atom is 0.270 e. The van der Waals surface area contributed by atoms with Gasteiger partial charge in [0, 0.05) is 28.8 Å². The number of carbonyl (C=O) groups is 1. The second-order valence-corrected chi connectivity index (χ2v) is 7.96. The van der Waals surface area contributed by atoms with E-state index in [0.29, 0.717) is 42.9 Å². The molecule has 10 heteroatoms. The van der Waals surface area contributed by atoms with Crippen LogP contribution in [0, 0.1) is 10.1 Å². The van der Waals surface area contributed by atoms with Gasteiger partial charge in [0.25, 0.3) is 11.6 Å². The molecule has 1 aliphatic rings. The number of nitrogens with one attached hydrogen (secondary N) is 1. The van der Waals surface area contributed by atoms with E-state index in [1.165, 1.54) is 12.1 Å². The van der Waals surface area contributed by atoms with Gasteiger partial charge in [0.05, 0.1) is 20.5 Å². The molecule has 0 atom stereocenters. The number of nitro benzene ring substituents is 1. The number of amides is 1. The van der Waals surface area contributed by atoms with E-state index in [-0.39, 0.29) is 11.6 Å². The Morgan fingerprint density at radius 2 is 1.97 bits per heavy atom. The van der Waals surface area contributed by atoms with Crippen LogP contribution in [0.15, 0.2) is 68.9 Å². The fourth-order valence-electron chi connectivity index (χ4n) is 2.65. The van der Waals surface area contributed by atoms with Gasteiger partial charge < -0.3 is 9.73 Å². The zero-order valence-corrected chi connectivity index (χ0v) is 17.3. The molecule has 3 aromatic rings. The first kappa shape index (κ1) is 20.2. The lowest BCUT2D eigenvalue weighted by Gasteiger charge is -1.99. The number of non-ortho nitro benzene ring substituents is 1. The average Bonchev–Trinajstić information content (AvgIpc) is 3.31. The quantitative estimate of drug-likeness (QED) is 0.290. The molecular weight excluding hydrogens is 449 g/mol. The van der Waals surface area contributed by atoms with Gasteiger partial charge in [-0.15, -0.1) is 0 Å². The van der Waals surface area contributed by atoms with Gasteiger partial charge in [-0.1, -0.05) is 35.3 Å². The third-order valence-corrected chi connectivity index (χ3v) is 5.47. The zero-order chi connectivity index (χ0) is 21.3. The number of nitro groups is 1. The monoisotopic (exact) mass is 459 g/mol. The summed E-state index contributed by atoms with van der Waals surface area (Å²) in [7, 11) is 0. The molecule has 1 saturated heterocycles. The molecule has 30 heavy (non-hydrogen) atoms. The highest BCUT2D eigenvalue weighted by Crippen LogP contribution is 2.33. The first-order chi connectivity index (χ1) is 14.4. The molecule has 2 heterocycles. The molecule has 0 bridgehead atoms. The molecule has 2 aromatic carbocycles. The molecule has 0 unspecified atom stereocenters. The van der Waals surface area contributed by atoms with E-state index in [1.54, 1.807) is 48.5 Å². The van der Waals surface area contributed by atoms with Crippen LogP contribution in [-0.2, 0) is 4.79 Å². The highest BCUT2D eigenvalue weighted by molar-refractivity contribution is 8.18. The van der Waals surface area contributed by atoms with E-state index in [2.05, 4.69) is 10.3 Å². The molecule has 0 radical (unpaired) electrons. The van der Waals surface area contributed by atoms with Crippen molar-refractivity contribution in [3.05, 3.63) is 85.4 Å². The zero-order valence-electron chi connectivity index (χ0n) is 15.0. The molecule has 1 aliphatic heterocycles. The molecule has 4 rings (SSSR count). The van der Waals surface area contributed by atoms with Gasteiger partial charge >= 0.3 is 0 Å². The Bertz CT molecular complexity index is 1240. The predicted octanol–water partition coefficient (Wildman–Crippen LogP) is 6.05. The molecule has 150 valence electrons. The van der Waals surface area contributed by atoms with Crippen LogP contribution in [0.25, 0.3) is 17.4 Å². The fraction of sp³-hybridized carbons (Fsp3) is 0. The van der Waals surface area contributed by atoms with E-state index >= 15 is 0 Å². The SMILES string of the molecule is O=C1NC(=Nc2ccc(Cl)cc2Cl)S/C1=C/c1ccc(-c2cccc([N+](=O)[O-])c2)o1. The minimum Gasteiger partial charge on any atom is -0.457 e. The van der Waals surface area contributed by atoms with E-state index in [0.717, 1.165) is 11.8 Å². The Morgan fingerprint density at radius 1 is 1.13 bits per heavy atom. The number of rotatable bonds is 4. The van der Waals surface area contributed by atoms with Crippen molar-refractivity contribution in [1.82, 2.24) is 5.32 Å². The summed E-state index contributed by atoms with van der Waals surface area (Å²) in [6.45, 7) is 0. The minimum atomic E-state index is -0.470. The van der Waals surface area contributed by atoms with E-state index < -0.39 is 4.92 Å². The Labute approximate surface area is 184 Å². The smallest absolute Gasteiger partial charge is 0.270 e. The molecular formula is C20H11Cl2N3O4S. The van der Waals surface area contributed by atoms with Crippen LogP contribution in [0.3, 0.4) is 0 Å². The summed E-state index contributed by atoms with van der Waals surface area (Å²) in [5.41, 5.74) is 1.02. The van der Waals surface area contributed by atoms with Gasteiger partial charge in [-0.2, -0.15) is 0 Å². The topological polar surface area (TPSA) is 97.7 Å². The number of furan rings is 1. The summed E-state index contributed by atoms with van der Waals surface area (Å²) >= 11 is 13.1. The van der Waals surface area contributed by atoms with Gasteiger partial charge in [0.15, 0.2) is 5.17 Å². The Hall–Kier alpha value is -3.07. The molecule has 0 spiro atoms. The normalized spacial score (nSPS) is 16.3. The molecule has 1 fully saturated rings. The van der Waals surface area contributed by atoms with Crippen molar-refractivity contribution in [2.75, 3.05) is 0 Å². The predicted molar refractivity (Wildman–Crippen MR) is 118 cm³/mol. The van der Waals surface area contributed by atoms with Crippen LogP contribution in [0.5, 0.6) is 0 Å². The van der Waals surface area contributed by atoms with Crippen molar-refractivity contribution < 1.29 is 14.1 Å². The van der Waals surface area contributed by atoms with Crippen LogP contribution >= 0.6 is 35.0 Å². The average molecular weight is 460 g/mol. The van der Waals surface area contributed by atoms with E-state index in [1.807, 2.05) is 0 Å². The van der Waals surface area contributed by atoms with Crippen molar-refractivity contribution in [3.8, 4) is 11.3 Å². The lowest BCUT2D eigenvalue weighted by atomic mass is 10.1. The van der Waals surface area contributed by atoms with Gasteiger partial charge in [-0.25, -0.2) is 4.99 Å². The summed E-state index contributed by atoms with van der Waals surface area (Å²) in [6, 6.07) is 14.4. The van der Waals surface area contributed by atoms with Crippen molar-refractivity contribution in [2.24, 2.45) is 4.99 Å². The van der Waals surface area contributed by atoms with Gasteiger partial charge in [0.2, 0.25) is 0 Å². The number of halogens is 2. The molecule has 1 aromatic heterocycles. The van der Waals surface area contributed by atoms with Gasteiger partial charge in [-0.3, -0.25) is 14.9 Å². The number of carbonyl (C=O) groups excluding carboxylic acids is 1. The van der Waals surface area contributed by atoms with Gasteiger partial charge in [-0.05, 0) is 42.1 Å². The lowest BCUT2D eigenvalue weighted by molar-refractivity contribution is -0.384. The Morgan fingerprint density at radius 3 is 2.73 bits per heavy atom. The maximum atomic E-state index is 12.3.